The molecule has 7 heterocycles. The molecule has 9 atom stereocenters. The van der Waals surface area contributed by atoms with Gasteiger partial charge in [-0.05, 0) is 160 Å². The summed E-state index contributed by atoms with van der Waals surface area (Å²) in [6.45, 7) is 32.9. The monoisotopic (exact) mass is 863 g/mol. The SMILES string of the molecule is CC1CCCOC1.CC1CCOCC1C1CC1.CC1CCOCC1F.CC1CCSCC1.CC1CCSCC1C.CC1COC(C)(C)OC1.CCC1COCCC1C. The van der Waals surface area contributed by atoms with Crippen LogP contribution < -0.4 is 0 Å². The van der Waals surface area contributed by atoms with Crippen molar-refractivity contribution in [3.8, 4) is 0 Å². The van der Waals surface area contributed by atoms with Crippen molar-refractivity contribution >= 4 is 23.5 Å². The second-order valence-corrected chi connectivity index (χ2v) is 22.1. The lowest BCUT2D eigenvalue weighted by Crippen LogP contribution is -2.38. The second-order valence-electron chi connectivity index (χ2n) is 19.8. The fraction of sp³-hybridized carbons (Fsp3) is 1.00. The van der Waals surface area contributed by atoms with Crippen LogP contribution in [0.3, 0.4) is 0 Å². The Kier molecular flexibility index (Phi) is 30.2. The summed E-state index contributed by atoms with van der Waals surface area (Å²) in [7, 11) is 0. The van der Waals surface area contributed by atoms with Crippen LogP contribution in [-0.2, 0) is 28.4 Å². The first-order valence-corrected chi connectivity index (χ1v) is 26.4. The summed E-state index contributed by atoms with van der Waals surface area (Å²) in [5.74, 6) is 14.4. The van der Waals surface area contributed by atoms with Crippen LogP contribution in [0.5, 0.6) is 0 Å². The average Bonchev–Trinajstić information content (AvgIpc) is 4.07. The van der Waals surface area contributed by atoms with Gasteiger partial charge in [-0.2, -0.15) is 23.5 Å². The second kappa shape index (κ2) is 32.1. The van der Waals surface area contributed by atoms with Crippen molar-refractivity contribution in [1.82, 2.24) is 0 Å². The fourth-order valence-electron chi connectivity index (χ4n) is 7.71. The minimum Gasteiger partial charge on any atom is -0.381 e. The topological polar surface area (TPSA) is 55.4 Å². The predicted octanol–water partition coefficient (Wildman–Crippen LogP) is 12.9. The Morgan fingerprint density at radius 2 is 1.07 bits per heavy atom. The Labute approximate surface area is 367 Å². The van der Waals surface area contributed by atoms with Crippen molar-refractivity contribution in [3.63, 3.8) is 0 Å². The quantitative estimate of drug-likeness (QED) is 0.272. The molecule has 0 spiro atoms. The number of rotatable bonds is 2. The summed E-state index contributed by atoms with van der Waals surface area (Å²) in [6.07, 6.45) is 13.9. The fourth-order valence-corrected chi connectivity index (χ4v) is 10.5. The van der Waals surface area contributed by atoms with Crippen LogP contribution in [0.1, 0.15) is 147 Å². The molecule has 0 amide bonds. The van der Waals surface area contributed by atoms with E-state index in [0.29, 0.717) is 12.5 Å². The van der Waals surface area contributed by atoms with E-state index in [4.69, 9.17) is 28.4 Å². The van der Waals surface area contributed by atoms with Gasteiger partial charge in [-0.3, -0.25) is 0 Å². The number of thioether (sulfide) groups is 2. The van der Waals surface area contributed by atoms with Crippen molar-refractivity contribution in [2.24, 2.45) is 65.1 Å². The molecule has 6 nitrogen and oxygen atoms in total. The number of ether oxygens (including phenoxy) is 6. The molecular weight excluding hydrogens is 768 g/mol. The number of alkyl halides is 1. The van der Waals surface area contributed by atoms with Gasteiger partial charge in [-0.1, -0.05) is 68.7 Å². The number of hydrogen-bond donors (Lipinski definition) is 0. The van der Waals surface area contributed by atoms with Crippen molar-refractivity contribution in [2.45, 2.75) is 159 Å². The lowest BCUT2D eigenvalue weighted by atomic mass is 9.86. The number of hydrogen-bond acceptors (Lipinski definition) is 8. The summed E-state index contributed by atoms with van der Waals surface area (Å²) in [5.41, 5.74) is 0. The van der Waals surface area contributed by atoms with Gasteiger partial charge in [-0.15, -0.1) is 0 Å². The predicted molar refractivity (Wildman–Crippen MR) is 249 cm³/mol. The van der Waals surface area contributed by atoms with Crippen LogP contribution in [0.4, 0.5) is 4.39 Å². The molecule has 1 saturated carbocycles. The molecule has 58 heavy (non-hydrogen) atoms. The summed E-state index contributed by atoms with van der Waals surface area (Å²) >= 11 is 4.21. The molecule has 0 bridgehead atoms. The van der Waals surface area contributed by atoms with E-state index in [-0.39, 0.29) is 11.7 Å². The third-order valence-corrected chi connectivity index (χ3v) is 15.7. The minimum absolute atomic E-state index is 0.212. The highest BCUT2D eigenvalue weighted by atomic mass is 32.2. The zero-order chi connectivity index (χ0) is 42.8. The van der Waals surface area contributed by atoms with E-state index in [0.717, 1.165) is 119 Å². The number of halogens is 1. The van der Waals surface area contributed by atoms with Crippen LogP contribution in [0.15, 0.2) is 0 Å². The molecule has 7 aliphatic heterocycles. The molecule has 0 aromatic carbocycles. The highest BCUT2D eigenvalue weighted by molar-refractivity contribution is 7.99. The van der Waals surface area contributed by atoms with E-state index in [1.807, 2.05) is 20.8 Å². The Balaban J connectivity index is 0.000000234. The van der Waals surface area contributed by atoms with Gasteiger partial charge in [-0.25, -0.2) is 4.39 Å². The van der Waals surface area contributed by atoms with Crippen LogP contribution in [0.2, 0.25) is 0 Å². The van der Waals surface area contributed by atoms with E-state index in [1.165, 1.54) is 87.2 Å². The maximum Gasteiger partial charge on any atom is 0.162 e. The summed E-state index contributed by atoms with van der Waals surface area (Å²) in [4.78, 5) is 0. The molecule has 8 rings (SSSR count). The molecule has 8 aliphatic rings. The molecule has 9 heteroatoms. The first kappa shape index (κ1) is 54.5. The van der Waals surface area contributed by atoms with E-state index in [2.05, 4.69) is 78.9 Å². The molecule has 1 aliphatic carbocycles. The van der Waals surface area contributed by atoms with Gasteiger partial charge in [0.2, 0.25) is 0 Å². The van der Waals surface area contributed by atoms with Gasteiger partial charge >= 0.3 is 0 Å². The van der Waals surface area contributed by atoms with E-state index >= 15 is 0 Å². The lowest BCUT2D eigenvalue weighted by molar-refractivity contribution is -0.259. The van der Waals surface area contributed by atoms with Crippen LogP contribution >= 0.6 is 23.5 Å². The highest BCUT2D eigenvalue weighted by Crippen LogP contribution is 2.42. The Morgan fingerprint density at radius 3 is 1.43 bits per heavy atom. The highest BCUT2D eigenvalue weighted by Gasteiger charge is 2.36. The molecule has 0 N–H and O–H groups in total. The van der Waals surface area contributed by atoms with Crippen LogP contribution in [0, 0.1) is 65.1 Å². The maximum atomic E-state index is 12.5. The molecular formula is C49H95FO6S2. The van der Waals surface area contributed by atoms with Gasteiger partial charge in [0.05, 0.1) is 19.8 Å². The normalized spacial score (nSPS) is 35.3. The van der Waals surface area contributed by atoms with E-state index in [1.54, 1.807) is 0 Å². The Bertz CT molecular complexity index is 895. The summed E-state index contributed by atoms with van der Waals surface area (Å²) < 4.78 is 44.0. The third-order valence-electron chi connectivity index (χ3n) is 13.4. The van der Waals surface area contributed by atoms with Crippen molar-refractivity contribution in [3.05, 3.63) is 0 Å². The third kappa shape index (κ3) is 26.1. The minimum atomic E-state index is -0.719. The van der Waals surface area contributed by atoms with Crippen molar-refractivity contribution < 1.29 is 32.8 Å². The molecule has 8 fully saturated rings. The van der Waals surface area contributed by atoms with Crippen LogP contribution in [-0.4, -0.2) is 101 Å². The smallest absolute Gasteiger partial charge is 0.162 e. The van der Waals surface area contributed by atoms with E-state index in [9.17, 15) is 4.39 Å². The summed E-state index contributed by atoms with van der Waals surface area (Å²) in [6, 6.07) is 0. The van der Waals surface area contributed by atoms with E-state index < -0.39 is 6.17 Å². The maximum absolute atomic E-state index is 12.5. The molecule has 9 unspecified atom stereocenters. The van der Waals surface area contributed by atoms with Crippen molar-refractivity contribution in [2.75, 3.05) is 89.1 Å². The zero-order valence-electron chi connectivity index (χ0n) is 39.7. The van der Waals surface area contributed by atoms with Gasteiger partial charge < -0.3 is 28.4 Å². The van der Waals surface area contributed by atoms with Gasteiger partial charge in [0.1, 0.15) is 6.17 Å². The first-order valence-electron chi connectivity index (χ1n) is 24.1. The summed E-state index contributed by atoms with van der Waals surface area (Å²) in [5, 5.41) is 0. The van der Waals surface area contributed by atoms with Gasteiger partial charge in [0.15, 0.2) is 5.79 Å². The van der Waals surface area contributed by atoms with Crippen molar-refractivity contribution in [1.29, 1.82) is 0 Å². The zero-order valence-corrected chi connectivity index (χ0v) is 41.4. The molecule has 0 radical (unpaired) electrons. The average molecular weight is 863 g/mol. The first-order chi connectivity index (χ1) is 27.7. The molecule has 346 valence electrons. The lowest BCUT2D eigenvalue weighted by Gasteiger charge is -2.33. The molecule has 0 aromatic rings. The van der Waals surface area contributed by atoms with Gasteiger partial charge in [0.25, 0.3) is 0 Å². The van der Waals surface area contributed by atoms with Gasteiger partial charge in [0, 0.05) is 52.2 Å². The molecule has 7 saturated heterocycles. The van der Waals surface area contributed by atoms with Crippen LogP contribution in [0.25, 0.3) is 0 Å². The largest absolute Gasteiger partial charge is 0.381 e. The standard InChI is InChI=1S/C9H16O.C8H16O.C7H14O2.C7H14S.C6H11FO.C6H12O.C6H12S/c1-7-4-5-10-6-9(7)8-2-3-8;1-3-8-6-9-5-4-7(8)2;1-6-4-8-7(2,3)9-5-6;1-6-3-4-8-5-7(6)2;1-5-2-3-8-4-6(5)7;1-6-3-2-4-7-5-6;1-6-2-4-7-5-3-6/h7-9H,2-6H2,1H3;7-8H,3-6H2,1-2H3;6H,4-5H2,1-3H3;6-7H,3-5H2,1-2H3;5-6H,2-4H2,1H3;2*6H,2-5H2,1H3. The Morgan fingerprint density at radius 1 is 0.500 bits per heavy atom. The Hall–Kier alpha value is 0.390. The molecule has 0 aromatic heterocycles.